The summed E-state index contributed by atoms with van der Waals surface area (Å²) in [5.41, 5.74) is 0.506. The number of carboxylic acid groups (broad SMARTS) is 1. The molecule has 70 valence electrons. The maximum absolute atomic E-state index is 10.6. The Morgan fingerprint density at radius 3 is 2.62 bits per heavy atom. The Hall–Kier alpha value is -1.22. The first kappa shape index (κ1) is 9.86. The van der Waals surface area contributed by atoms with Crippen LogP contribution in [0.2, 0.25) is 5.02 Å². The first-order valence-corrected chi connectivity index (χ1v) is 4.11. The molecule has 0 aliphatic rings. The number of hydrogen-bond donors (Lipinski definition) is 2. The van der Waals surface area contributed by atoms with Crippen molar-refractivity contribution in [1.82, 2.24) is 0 Å². The summed E-state index contributed by atoms with van der Waals surface area (Å²) < 4.78 is 0. The molecule has 2 N–H and O–H groups in total. The molecule has 1 aromatic rings. The van der Waals surface area contributed by atoms with Crippen LogP contribution >= 0.6 is 11.6 Å². The van der Waals surface area contributed by atoms with Gasteiger partial charge in [-0.3, -0.25) is 4.79 Å². The number of aromatic hydroxyl groups is 1. The van der Waals surface area contributed by atoms with Gasteiger partial charge >= 0.3 is 5.97 Å². The molecule has 0 bridgehead atoms. The lowest BCUT2D eigenvalue weighted by molar-refractivity contribution is -0.138. The molecule has 0 aromatic heterocycles. The van der Waals surface area contributed by atoms with Crippen molar-refractivity contribution in [2.45, 2.75) is 12.8 Å². The minimum absolute atomic E-state index is 0.0336. The molecule has 0 amide bonds. The second-order valence-corrected chi connectivity index (χ2v) is 3.17. The second-order valence-electron chi connectivity index (χ2n) is 2.77. The number of rotatable bonds is 2. The largest absolute Gasteiger partial charge is 0.508 e. The Balaban J connectivity index is 3.08. The Labute approximate surface area is 80.6 Å². The Morgan fingerprint density at radius 1 is 1.54 bits per heavy atom. The first-order chi connectivity index (χ1) is 6.02. The molecule has 3 nitrogen and oxygen atoms in total. The average molecular weight is 201 g/mol. The normalized spacial score (nSPS) is 12.5. The molecule has 1 aromatic carbocycles. The summed E-state index contributed by atoms with van der Waals surface area (Å²) in [7, 11) is 0. The Bertz CT molecular complexity index is 336. The summed E-state index contributed by atoms with van der Waals surface area (Å²) >= 11 is 5.75. The van der Waals surface area contributed by atoms with Gasteiger partial charge in [-0.25, -0.2) is 0 Å². The van der Waals surface area contributed by atoms with Crippen LogP contribution in [0.25, 0.3) is 0 Å². The minimum Gasteiger partial charge on any atom is -0.508 e. The first-order valence-electron chi connectivity index (χ1n) is 3.73. The number of aliphatic carboxylic acids is 1. The third-order valence-electron chi connectivity index (χ3n) is 1.82. The van der Waals surface area contributed by atoms with Crippen LogP contribution in [0.4, 0.5) is 0 Å². The zero-order chi connectivity index (χ0) is 10.0. The smallest absolute Gasteiger partial charge is 0.310 e. The molecule has 0 aliphatic heterocycles. The lowest BCUT2D eigenvalue weighted by atomic mass is 10.0. The number of carbonyl (C=O) groups is 1. The van der Waals surface area contributed by atoms with Crippen LogP contribution in [0.3, 0.4) is 0 Å². The standard InChI is InChI=1S/C9H9ClO3/c1-5(9(12)13)7-3-2-6(11)4-8(7)10/h2-5,11H,1H3,(H,12,13). The molecule has 0 heterocycles. The summed E-state index contributed by atoms with van der Waals surface area (Å²) in [4.78, 5) is 10.6. The van der Waals surface area contributed by atoms with E-state index in [1.54, 1.807) is 6.92 Å². The van der Waals surface area contributed by atoms with Crippen molar-refractivity contribution in [3.8, 4) is 5.75 Å². The van der Waals surface area contributed by atoms with Gasteiger partial charge in [-0.1, -0.05) is 17.7 Å². The molecule has 1 unspecified atom stereocenters. The molecule has 1 rings (SSSR count). The van der Waals surface area contributed by atoms with Crippen molar-refractivity contribution >= 4 is 17.6 Å². The molecule has 13 heavy (non-hydrogen) atoms. The van der Waals surface area contributed by atoms with E-state index in [9.17, 15) is 4.79 Å². The van der Waals surface area contributed by atoms with Crippen LogP contribution in [0.15, 0.2) is 18.2 Å². The molecule has 0 spiro atoms. The topological polar surface area (TPSA) is 57.5 Å². The van der Waals surface area contributed by atoms with Gasteiger partial charge in [-0.15, -0.1) is 0 Å². The number of phenols is 1. The number of hydrogen-bond acceptors (Lipinski definition) is 2. The molecule has 4 heteroatoms. The van der Waals surface area contributed by atoms with E-state index in [1.807, 2.05) is 0 Å². The summed E-state index contributed by atoms with van der Waals surface area (Å²) in [6.07, 6.45) is 0. The lowest BCUT2D eigenvalue weighted by Crippen LogP contribution is -2.07. The quantitative estimate of drug-likeness (QED) is 0.770. The van der Waals surface area contributed by atoms with Crippen molar-refractivity contribution in [1.29, 1.82) is 0 Å². The number of benzene rings is 1. The van der Waals surface area contributed by atoms with Crippen LogP contribution in [-0.2, 0) is 4.79 Å². The molecule has 0 fully saturated rings. The third-order valence-corrected chi connectivity index (χ3v) is 2.15. The maximum Gasteiger partial charge on any atom is 0.310 e. The number of phenolic OH excluding ortho intramolecular Hbond substituents is 1. The van der Waals surface area contributed by atoms with E-state index in [0.717, 1.165) is 0 Å². The Kier molecular flexibility index (Phi) is 2.78. The van der Waals surface area contributed by atoms with Crippen molar-refractivity contribution in [3.63, 3.8) is 0 Å². The highest BCUT2D eigenvalue weighted by Gasteiger charge is 2.16. The van der Waals surface area contributed by atoms with E-state index in [0.29, 0.717) is 5.56 Å². The van der Waals surface area contributed by atoms with Gasteiger partial charge in [0.05, 0.1) is 5.92 Å². The van der Waals surface area contributed by atoms with E-state index in [2.05, 4.69) is 0 Å². The maximum atomic E-state index is 10.6. The SMILES string of the molecule is CC(C(=O)O)c1ccc(O)cc1Cl. The molecule has 0 aliphatic carbocycles. The van der Waals surface area contributed by atoms with Crippen molar-refractivity contribution in [3.05, 3.63) is 28.8 Å². The number of halogens is 1. The van der Waals surface area contributed by atoms with Gasteiger partial charge in [-0.2, -0.15) is 0 Å². The fourth-order valence-corrected chi connectivity index (χ4v) is 1.34. The van der Waals surface area contributed by atoms with Gasteiger partial charge in [0.25, 0.3) is 0 Å². The summed E-state index contributed by atoms with van der Waals surface area (Å²) in [5, 5.41) is 18.0. The van der Waals surface area contributed by atoms with Crippen LogP contribution in [0, 0.1) is 0 Å². The Morgan fingerprint density at radius 2 is 2.15 bits per heavy atom. The summed E-state index contributed by atoms with van der Waals surface area (Å²) in [5.74, 6) is -1.56. The van der Waals surface area contributed by atoms with Gasteiger partial charge in [0.1, 0.15) is 5.75 Å². The molecule has 0 saturated carbocycles. The summed E-state index contributed by atoms with van der Waals surface area (Å²) in [6.45, 7) is 1.54. The van der Waals surface area contributed by atoms with Crippen LogP contribution in [-0.4, -0.2) is 16.2 Å². The van der Waals surface area contributed by atoms with Crippen molar-refractivity contribution in [2.75, 3.05) is 0 Å². The molecular weight excluding hydrogens is 192 g/mol. The van der Waals surface area contributed by atoms with E-state index in [-0.39, 0.29) is 10.8 Å². The zero-order valence-electron chi connectivity index (χ0n) is 6.99. The highest BCUT2D eigenvalue weighted by molar-refractivity contribution is 6.31. The van der Waals surface area contributed by atoms with Crippen LogP contribution < -0.4 is 0 Å². The van der Waals surface area contributed by atoms with E-state index >= 15 is 0 Å². The minimum atomic E-state index is -0.937. The van der Waals surface area contributed by atoms with Gasteiger partial charge in [-0.05, 0) is 24.6 Å². The zero-order valence-corrected chi connectivity index (χ0v) is 7.75. The highest BCUT2D eigenvalue weighted by atomic mass is 35.5. The fourth-order valence-electron chi connectivity index (χ4n) is 1.00. The molecular formula is C9H9ClO3. The van der Waals surface area contributed by atoms with Gasteiger partial charge in [0.15, 0.2) is 0 Å². The van der Waals surface area contributed by atoms with Crippen LogP contribution in [0.5, 0.6) is 5.75 Å². The average Bonchev–Trinajstić information content (AvgIpc) is 2.03. The highest BCUT2D eigenvalue weighted by Crippen LogP contribution is 2.27. The molecule has 0 radical (unpaired) electrons. The lowest BCUT2D eigenvalue weighted by Gasteiger charge is -2.08. The van der Waals surface area contributed by atoms with Crippen molar-refractivity contribution in [2.24, 2.45) is 0 Å². The van der Waals surface area contributed by atoms with Crippen molar-refractivity contribution < 1.29 is 15.0 Å². The van der Waals surface area contributed by atoms with E-state index < -0.39 is 11.9 Å². The fraction of sp³-hybridized carbons (Fsp3) is 0.222. The monoisotopic (exact) mass is 200 g/mol. The van der Waals surface area contributed by atoms with Gasteiger partial charge < -0.3 is 10.2 Å². The predicted octanol–water partition coefficient (Wildman–Crippen LogP) is 2.23. The van der Waals surface area contributed by atoms with Crippen LogP contribution in [0.1, 0.15) is 18.4 Å². The third kappa shape index (κ3) is 2.12. The molecule has 0 saturated heterocycles. The van der Waals surface area contributed by atoms with Gasteiger partial charge in [0, 0.05) is 5.02 Å². The van der Waals surface area contributed by atoms with E-state index in [1.165, 1.54) is 18.2 Å². The number of carboxylic acids is 1. The van der Waals surface area contributed by atoms with E-state index in [4.69, 9.17) is 21.8 Å². The van der Waals surface area contributed by atoms with Gasteiger partial charge in [0.2, 0.25) is 0 Å². The summed E-state index contributed by atoms with van der Waals surface area (Å²) in [6, 6.07) is 4.26. The second kappa shape index (κ2) is 3.66. The molecule has 1 atom stereocenters. The predicted molar refractivity (Wildman–Crippen MR) is 49.2 cm³/mol.